The first-order valence-electron chi connectivity index (χ1n) is 12.3. The monoisotopic (exact) mass is 523 g/mol. The van der Waals surface area contributed by atoms with Crippen LogP contribution in [0.2, 0.25) is 0 Å². The fourth-order valence-corrected chi connectivity index (χ4v) is 7.53. The molecule has 0 saturated heterocycles. The molecule has 0 atom stereocenters. The number of rotatable bonds is 7. The van der Waals surface area contributed by atoms with E-state index in [-0.39, 0.29) is 44.9 Å². The minimum absolute atomic E-state index is 0.0408. The van der Waals surface area contributed by atoms with Gasteiger partial charge in [-0.1, -0.05) is 49.9 Å². The largest absolute Gasteiger partial charge is 0.461 e. The Bertz CT molecular complexity index is 1130. The molecular weight excluding hydrogens is 490 g/mol. The van der Waals surface area contributed by atoms with Crippen molar-refractivity contribution in [1.29, 1.82) is 0 Å². The summed E-state index contributed by atoms with van der Waals surface area (Å²) in [6.07, 6.45) is 13.3. The average Bonchev–Trinajstić information content (AvgIpc) is 3.48. The Morgan fingerprint density at radius 2 is 1.66 bits per heavy atom. The maximum absolute atomic E-state index is 13.4. The predicted molar refractivity (Wildman–Crippen MR) is 131 cm³/mol. The molecule has 2 aromatic rings. The zero-order valence-corrected chi connectivity index (χ0v) is 21.9. The average molecular weight is 524 g/mol. The molecule has 12 heteroatoms. The minimum Gasteiger partial charge on any atom is -0.461 e. The molecule has 2 heterocycles. The topological polar surface area (TPSA) is 123 Å². The first kappa shape index (κ1) is 25.6. The van der Waals surface area contributed by atoms with Crippen molar-refractivity contribution in [2.75, 3.05) is 11.9 Å². The van der Waals surface area contributed by atoms with Gasteiger partial charge in [-0.25, -0.2) is 28.0 Å². The predicted octanol–water partition coefficient (Wildman–Crippen LogP) is 4.39. The Labute approximate surface area is 210 Å². The standard InChI is InChI=1S/C23H33N5O5S2/c1-3-33-20(29)18-14-25-23(27(18)2)35(31,32)19-15-24-21(34-19)26-22(30)28(16-10-6-4-7-11-16)17-12-8-5-9-13-17/h14-17H,3-13H2,1-2H3,(H,24,26,30). The number of sulfone groups is 1. The van der Waals surface area contributed by atoms with E-state index in [1.54, 1.807) is 6.92 Å². The number of carbonyl (C=O) groups excluding carboxylic acids is 2. The number of carbonyl (C=O) groups is 2. The van der Waals surface area contributed by atoms with Crippen molar-refractivity contribution in [3.05, 3.63) is 18.1 Å². The number of ether oxygens (including phenoxy) is 1. The molecule has 2 fully saturated rings. The third-order valence-corrected chi connectivity index (χ3v) is 9.92. The van der Waals surface area contributed by atoms with Crippen LogP contribution in [0.4, 0.5) is 9.93 Å². The third-order valence-electron chi connectivity index (χ3n) is 6.80. The number of urea groups is 1. The Morgan fingerprint density at radius 3 is 2.23 bits per heavy atom. The van der Waals surface area contributed by atoms with Gasteiger partial charge >= 0.3 is 12.0 Å². The normalized spacial score (nSPS) is 17.8. The van der Waals surface area contributed by atoms with Gasteiger partial charge in [-0.3, -0.25) is 5.32 Å². The van der Waals surface area contributed by atoms with Crippen LogP contribution in [-0.4, -0.2) is 58.5 Å². The molecule has 0 aromatic carbocycles. The first-order valence-corrected chi connectivity index (χ1v) is 14.6. The number of hydrogen-bond donors (Lipinski definition) is 1. The SMILES string of the molecule is CCOC(=O)c1cnc(S(=O)(=O)c2cnc(NC(=O)N(C3CCCCC3)C3CCCCC3)s2)n1C. The molecule has 0 radical (unpaired) electrons. The maximum Gasteiger partial charge on any atom is 0.356 e. The second-order valence-corrected chi connectivity index (χ2v) is 12.2. The summed E-state index contributed by atoms with van der Waals surface area (Å²) in [6, 6.07) is 0.219. The highest BCUT2D eigenvalue weighted by Crippen LogP contribution is 2.32. The van der Waals surface area contributed by atoms with Crippen LogP contribution in [0.25, 0.3) is 0 Å². The first-order chi connectivity index (χ1) is 16.8. The number of aromatic nitrogens is 3. The molecule has 0 aliphatic heterocycles. The minimum atomic E-state index is -4.04. The molecule has 2 saturated carbocycles. The van der Waals surface area contributed by atoms with Crippen molar-refractivity contribution >= 4 is 38.3 Å². The lowest BCUT2D eigenvalue weighted by Crippen LogP contribution is -2.50. The van der Waals surface area contributed by atoms with E-state index in [1.165, 1.54) is 36.9 Å². The molecule has 2 aromatic heterocycles. The highest BCUT2D eigenvalue weighted by molar-refractivity contribution is 7.93. The van der Waals surface area contributed by atoms with E-state index in [9.17, 15) is 18.0 Å². The highest BCUT2D eigenvalue weighted by atomic mass is 32.2. The van der Waals surface area contributed by atoms with Crippen molar-refractivity contribution in [2.24, 2.45) is 7.05 Å². The van der Waals surface area contributed by atoms with Crippen molar-refractivity contribution in [2.45, 2.75) is 92.6 Å². The van der Waals surface area contributed by atoms with Gasteiger partial charge in [0.25, 0.3) is 9.84 Å². The Kier molecular flexibility index (Phi) is 8.10. The number of hydrogen-bond acceptors (Lipinski definition) is 8. The number of imidazole rings is 1. The number of amides is 2. The van der Waals surface area contributed by atoms with Gasteiger partial charge in [-0.2, -0.15) is 0 Å². The van der Waals surface area contributed by atoms with E-state index in [1.807, 2.05) is 4.90 Å². The van der Waals surface area contributed by atoms with Gasteiger partial charge in [-0.05, 0) is 32.6 Å². The molecule has 0 spiro atoms. The molecule has 35 heavy (non-hydrogen) atoms. The zero-order chi connectivity index (χ0) is 25.0. The van der Waals surface area contributed by atoms with Crippen molar-refractivity contribution in [1.82, 2.24) is 19.4 Å². The summed E-state index contributed by atoms with van der Waals surface area (Å²) in [4.78, 5) is 35.6. The molecule has 4 rings (SSSR count). The Balaban J connectivity index is 1.52. The highest BCUT2D eigenvalue weighted by Gasteiger charge is 2.34. The van der Waals surface area contributed by atoms with E-state index in [0.717, 1.165) is 62.7 Å². The maximum atomic E-state index is 13.4. The molecule has 0 bridgehead atoms. The smallest absolute Gasteiger partial charge is 0.356 e. The molecule has 1 N–H and O–H groups in total. The summed E-state index contributed by atoms with van der Waals surface area (Å²) in [6.45, 7) is 1.84. The van der Waals surface area contributed by atoms with E-state index < -0.39 is 15.8 Å². The molecule has 2 aliphatic carbocycles. The van der Waals surface area contributed by atoms with E-state index in [2.05, 4.69) is 15.3 Å². The molecule has 2 aliphatic rings. The van der Waals surface area contributed by atoms with Gasteiger partial charge in [0.05, 0.1) is 19.0 Å². The molecule has 2 amide bonds. The molecule has 0 unspecified atom stereocenters. The van der Waals surface area contributed by atoms with Crippen LogP contribution >= 0.6 is 11.3 Å². The number of esters is 1. The van der Waals surface area contributed by atoms with Crippen LogP contribution in [-0.2, 0) is 21.6 Å². The number of anilines is 1. The fourth-order valence-electron chi connectivity index (χ4n) is 5.07. The van der Waals surface area contributed by atoms with E-state index in [0.29, 0.717) is 0 Å². The van der Waals surface area contributed by atoms with Crippen LogP contribution in [0.1, 0.15) is 81.6 Å². The summed E-state index contributed by atoms with van der Waals surface area (Å²) < 4.78 is 32.5. The summed E-state index contributed by atoms with van der Waals surface area (Å²) in [5, 5.41) is 2.81. The van der Waals surface area contributed by atoms with Gasteiger partial charge in [0.15, 0.2) is 5.13 Å². The zero-order valence-electron chi connectivity index (χ0n) is 20.2. The van der Waals surface area contributed by atoms with E-state index in [4.69, 9.17) is 4.74 Å². The number of thiazole rings is 1. The number of nitrogens with one attached hydrogen (secondary N) is 1. The van der Waals surface area contributed by atoms with Crippen LogP contribution in [0.15, 0.2) is 21.8 Å². The Morgan fingerprint density at radius 1 is 1.06 bits per heavy atom. The summed E-state index contributed by atoms with van der Waals surface area (Å²) in [5.41, 5.74) is 0.0408. The quantitative estimate of drug-likeness (QED) is 0.534. The van der Waals surface area contributed by atoms with Gasteiger partial charge in [-0.15, -0.1) is 0 Å². The van der Waals surface area contributed by atoms with Crippen molar-refractivity contribution in [3.8, 4) is 0 Å². The molecule has 10 nitrogen and oxygen atoms in total. The lowest BCUT2D eigenvalue weighted by molar-refractivity contribution is 0.0514. The van der Waals surface area contributed by atoms with Crippen molar-refractivity contribution in [3.63, 3.8) is 0 Å². The fraction of sp³-hybridized carbons (Fsp3) is 0.652. The molecule has 192 valence electrons. The van der Waals surface area contributed by atoms with Crippen LogP contribution in [0.3, 0.4) is 0 Å². The molecular formula is C23H33N5O5S2. The lowest BCUT2D eigenvalue weighted by atomic mass is 9.89. The lowest BCUT2D eigenvalue weighted by Gasteiger charge is -2.41. The van der Waals surface area contributed by atoms with Crippen LogP contribution in [0.5, 0.6) is 0 Å². The summed E-state index contributed by atoms with van der Waals surface area (Å²) in [5.74, 6) is -0.647. The second-order valence-electron chi connectivity index (χ2n) is 9.11. The number of nitrogens with zero attached hydrogens (tertiary/aromatic N) is 4. The van der Waals surface area contributed by atoms with Crippen LogP contribution in [0, 0.1) is 0 Å². The van der Waals surface area contributed by atoms with E-state index >= 15 is 0 Å². The second kappa shape index (κ2) is 11.1. The van der Waals surface area contributed by atoms with Crippen molar-refractivity contribution < 1.29 is 22.7 Å². The van der Waals surface area contributed by atoms with Gasteiger partial charge < -0.3 is 14.2 Å². The van der Waals surface area contributed by atoms with Gasteiger partial charge in [0.1, 0.15) is 9.90 Å². The summed E-state index contributed by atoms with van der Waals surface area (Å²) in [7, 11) is -2.59. The van der Waals surface area contributed by atoms with Gasteiger partial charge in [0.2, 0.25) is 5.16 Å². The summed E-state index contributed by atoms with van der Waals surface area (Å²) >= 11 is 0.883. The Hall–Kier alpha value is -2.47. The van der Waals surface area contributed by atoms with Crippen LogP contribution < -0.4 is 5.32 Å². The third kappa shape index (κ3) is 5.53. The van der Waals surface area contributed by atoms with Gasteiger partial charge in [0, 0.05) is 19.1 Å².